The standard InChI is InChI=1S/C26H21FN4O2S/c1-16-12-19(33-31-16)15-34-24-9-5-3-7-20(24)26(32)28-18-10-11-22-23(14-18)30-25(29-22)13-17-6-2-4-8-21(17)27/h2-12,14H,13,15H2,1H3,(H,28,32)(H,29,30). The van der Waals surface area contributed by atoms with Crippen LogP contribution >= 0.6 is 11.8 Å². The number of amides is 1. The number of carbonyl (C=O) groups is 1. The van der Waals surface area contributed by atoms with E-state index in [4.69, 9.17) is 4.52 Å². The number of carbonyl (C=O) groups excluding carboxylic acids is 1. The lowest BCUT2D eigenvalue weighted by atomic mass is 10.1. The van der Waals surface area contributed by atoms with E-state index in [9.17, 15) is 9.18 Å². The number of imidazole rings is 1. The summed E-state index contributed by atoms with van der Waals surface area (Å²) < 4.78 is 19.3. The lowest BCUT2D eigenvalue weighted by Crippen LogP contribution is -2.12. The molecule has 0 atom stereocenters. The molecule has 0 bridgehead atoms. The van der Waals surface area contributed by atoms with Gasteiger partial charge in [-0.3, -0.25) is 4.79 Å². The molecule has 2 aromatic heterocycles. The lowest BCUT2D eigenvalue weighted by Gasteiger charge is -2.09. The molecular formula is C26H21FN4O2S. The summed E-state index contributed by atoms with van der Waals surface area (Å²) in [5.41, 5.74) is 4.14. The Kier molecular flexibility index (Phi) is 6.14. The molecular weight excluding hydrogens is 451 g/mol. The average molecular weight is 473 g/mol. The molecule has 0 radical (unpaired) electrons. The number of thioether (sulfide) groups is 1. The molecule has 0 saturated carbocycles. The van der Waals surface area contributed by atoms with E-state index in [-0.39, 0.29) is 11.7 Å². The zero-order valence-corrected chi connectivity index (χ0v) is 19.2. The minimum absolute atomic E-state index is 0.206. The number of aromatic nitrogens is 3. The Morgan fingerprint density at radius 1 is 1.09 bits per heavy atom. The number of nitrogens with one attached hydrogen (secondary N) is 2. The molecule has 34 heavy (non-hydrogen) atoms. The van der Waals surface area contributed by atoms with E-state index in [1.54, 1.807) is 30.3 Å². The highest BCUT2D eigenvalue weighted by Crippen LogP contribution is 2.28. The highest BCUT2D eigenvalue weighted by Gasteiger charge is 2.14. The quantitative estimate of drug-likeness (QED) is 0.278. The summed E-state index contributed by atoms with van der Waals surface area (Å²) in [7, 11) is 0. The fraction of sp³-hybridized carbons (Fsp3) is 0.115. The van der Waals surface area contributed by atoms with Crippen LogP contribution in [0.15, 0.2) is 82.2 Å². The first kappa shape index (κ1) is 21.9. The van der Waals surface area contributed by atoms with Gasteiger partial charge in [0.1, 0.15) is 17.4 Å². The Bertz CT molecular complexity index is 1480. The minimum Gasteiger partial charge on any atom is -0.360 e. The molecule has 6 nitrogen and oxygen atoms in total. The van der Waals surface area contributed by atoms with Crippen molar-refractivity contribution in [3.8, 4) is 0 Å². The van der Waals surface area contributed by atoms with Gasteiger partial charge >= 0.3 is 0 Å². The second-order valence-corrected chi connectivity index (χ2v) is 8.87. The third-order valence-corrected chi connectivity index (χ3v) is 6.38. The van der Waals surface area contributed by atoms with Gasteiger partial charge in [0.05, 0.1) is 28.0 Å². The summed E-state index contributed by atoms with van der Waals surface area (Å²) in [4.78, 5) is 21.7. The Balaban J connectivity index is 1.31. The highest BCUT2D eigenvalue weighted by molar-refractivity contribution is 7.98. The maximum Gasteiger partial charge on any atom is 0.256 e. The maximum atomic E-state index is 14.0. The van der Waals surface area contributed by atoms with Crippen molar-refractivity contribution in [2.75, 3.05) is 5.32 Å². The van der Waals surface area contributed by atoms with Crippen LogP contribution in [0.1, 0.15) is 33.2 Å². The molecule has 0 fully saturated rings. The highest BCUT2D eigenvalue weighted by atomic mass is 32.2. The van der Waals surface area contributed by atoms with Crippen LogP contribution in [0.2, 0.25) is 0 Å². The second-order valence-electron chi connectivity index (χ2n) is 7.86. The topological polar surface area (TPSA) is 83.8 Å². The number of halogens is 1. The molecule has 1 amide bonds. The summed E-state index contributed by atoms with van der Waals surface area (Å²) in [5, 5.41) is 6.87. The molecule has 170 valence electrons. The molecule has 0 aliphatic carbocycles. The first-order valence-electron chi connectivity index (χ1n) is 10.7. The number of benzene rings is 3. The Morgan fingerprint density at radius 2 is 1.91 bits per heavy atom. The van der Waals surface area contributed by atoms with Gasteiger partial charge in [0.2, 0.25) is 0 Å². The van der Waals surface area contributed by atoms with Gasteiger partial charge in [-0.05, 0) is 48.9 Å². The largest absolute Gasteiger partial charge is 0.360 e. The van der Waals surface area contributed by atoms with E-state index in [1.807, 2.05) is 43.3 Å². The van der Waals surface area contributed by atoms with Crippen molar-refractivity contribution < 1.29 is 13.7 Å². The van der Waals surface area contributed by atoms with Gasteiger partial charge in [0, 0.05) is 23.1 Å². The van der Waals surface area contributed by atoms with Crippen molar-refractivity contribution in [2.45, 2.75) is 24.0 Å². The molecule has 5 aromatic rings. The van der Waals surface area contributed by atoms with Gasteiger partial charge in [-0.1, -0.05) is 35.5 Å². The monoisotopic (exact) mass is 472 g/mol. The third-order valence-electron chi connectivity index (χ3n) is 5.28. The molecule has 3 aromatic carbocycles. The molecule has 0 unspecified atom stereocenters. The van der Waals surface area contributed by atoms with Crippen molar-refractivity contribution in [1.29, 1.82) is 0 Å². The summed E-state index contributed by atoms with van der Waals surface area (Å²) in [6, 6.07) is 21.5. The smallest absolute Gasteiger partial charge is 0.256 e. The van der Waals surface area contributed by atoms with Crippen LogP contribution in [0, 0.1) is 12.7 Å². The summed E-state index contributed by atoms with van der Waals surface area (Å²) >= 11 is 1.52. The zero-order valence-electron chi connectivity index (χ0n) is 18.3. The van der Waals surface area contributed by atoms with Crippen LogP contribution in [0.4, 0.5) is 10.1 Å². The number of H-pyrrole nitrogens is 1. The molecule has 2 N–H and O–H groups in total. The third kappa shape index (κ3) is 4.87. The van der Waals surface area contributed by atoms with E-state index >= 15 is 0 Å². The van der Waals surface area contributed by atoms with Crippen LogP contribution in [-0.2, 0) is 12.2 Å². The van der Waals surface area contributed by atoms with E-state index in [0.29, 0.717) is 34.8 Å². The first-order valence-corrected chi connectivity index (χ1v) is 11.7. The molecule has 0 aliphatic heterocycles. The van der Waals surface area contributed by atoms with Crippen molar-refractivity contribution >= 4 is 34.4 Å². The number of rotatable bonds is 7. The molecule has 0 saturated heterocycles. The molecule has 0 spiro atoms. The van der Waals surface area contributed by atoms with Crippen molar-refractivity contribution in [3.05, 3.63) is 107 Å². The van der Waals surface area contributed by atoms with Crippen molar-refractivity contribution in [2.24, 2.45) is 0 Å². The van der Waals surface area contributed by atoms with Gasteiger partial charge in [0.15, 0.2) is 0 Å². The van der Waals surface area contributed by atoms with E-state index in [2.05, 4.69) is 20.4 Å². The first-order chi connectivity index (χ1) is 16.5. The lowest BCUT2D eigenvalue weighted by molar-refractivity contribution is 0.102. The van der Waals surface area contributed by atoms with E-state index < -0.39 is 0 Å². The number of aromatic amines is 1. The summed E-state index contributed by atoms with van der Waals surface area (Å²) in [6.45, 7) is 1.87. The van der Waals surface area contributed by atoms with Gasteiger partial charge in [-0.2, -0.15) is 0 Å². The SMILES string of the molecule is Cc1cc(CSc2ccccc2C(=O)Nc2ccc3nc(Cc4ccccc4F)[nH]c3c2)on1. The summed E-state index contributed by atoms with van der Waals surface area (Å²) in [5.74, 6) is 1.53. The van der Waals surface area contributed by atoms with Crippen molar-refractivity contribution in [1.82, 2.24) is 15.1 Å². The zero-order chi connectivity index (χ0) is 23.5. The van der Waals surface area contributed by atoms with Gasteiger partial charge < -0.3 is 14.8 Å². The maximum absolute atomic E-state index is 14.0. The van der Waals surface area contributed by atoms with E-state index in [0.717, 1.165) is 27.4 Å². The second kappa shape index (κ2) is 9.52. The van der Waals surface area contributed by atoms with Gasteiger partial charge in [-0.15, -0.1) is 11.8 Å². The predicted octanol–water partition coefficient (Wildman–Crippen LogP) is 6.13. The minimum atomic E-state index is -0.258. The van der Waals surface area contributed by atoms with E-state index in [1.165, 1.54) is 17.8 Å². The number of hydrogen-bond donors (Lipinski definition) is 2. The van der Waals surface area contributed by atoms with Crippen LogP contribution in [0.5, 0.6) is 0 Å². The van der Waals surface area contributed by atoms with Gasteiger partial charge in [0.25, 0.3) is 5.91 Å². The van der Waals surface area contributed by atoms with Crippen molar-refractivity contribution in [3.63, 3.8) is 0 Å². The number of aryl methyl sites for hydroxylation is 1. The Hall–Kier alpha value is -3.91. The molecule has 0 aliphatic rings. The molecule has 5 rings (SSSR count). The van der Waals surface area contributed by atoms with Crippen LogP contribution in [0.3, 0.4) is 0 Å². The van der Waals surface area contributed by atoms with Crippen LogP contribution in [-0.4, -0.2) is 21.0 Å². The number of anilines is 1. The van der Waals surface area contributed by atoms with Crippen LogP contribution in [0.25, 0.3) is 11.0 Å². The number of fused-ring (bicyclic) bond motifs is 1. The average Bonchev–Trinajstić information content (AvgIpc) is 3.44. The van der Waals surface area contributed by atoms with Crippen LogP contribution < -0.4 is 5.32 Å². The summed E-state index contributed by atoms with van der Waals surface area (Å²) in [6.07, 6.45) is 0.359. The normalized spacial score (nSPS) is 11.1. The predicted molar refractivity (Wildman–Crippen MR) is 130 cm³/mol. The fourth-order valence-corrected chi connectivity index (χ4v) is 4.58. The van der Waals surface area contributed by atoms with Gasteiger partial charge in [-0.25, -0.2) is 9.37 Å². The Labute approximate surface area is 199 Å². The molecule has 8 heteroatoms. The molecule has 2 heterocycles. The number of hydrogen-bond acceptors (Lipinski definition) is 5. The Morgan fingerprint density at radius 3 is 2.74 bits per heavy atom. The number of nitrogens with zero attached hydrogens (tertiary/aromatic N) is 2. The fourth-order valence-electron chi connectivity index (χ4n) is 3.66.